The van der Waals surface area contributed by atoms with Gasteiger partial charge in [0.05, 0.1) is 80.9 Å². The van der Waals surface area contributed by atoms with Crippen molar-refractivity contribution >= 4 is 50.5 Å². The summed E-state index contributed by atoms with van der Waals surface area (Å²) in [6.07, 6.45) is 6.87. The molecule has 0 radical (unpaired) electrons. The fourth-order valence-corrected chi connectivity index (χ4v) is 6.61. The second kappa shape index (κ2) is 15.3. The fraction of sp³-hybridized carbons (Fsp3) is 0.195. The molecule has 0 aliphatic carbocycles. The number of hydrogen-bond acceptors (Lipinski definition) is 8. The molecule has 0 amide bonds. The van der Waals surface area contributed by atoms with Crippen molar-refractivity contribution in [1.29, 1.82) is 0 Å². The van der Waals surface area contributed by atoms with Crippen LogP contribution < -0.4 is 10.2 Å². The third-order valence-electron chi connectivity index (χ3n) is 9.16. The molecule has 2 aromatic carbocycles. The molecular weight excluding hydrogens is 718 g/mol. The van der Waals surface area contributed by atoms with Crippen LogP contribution in [0.4, 0.5) is 34.6 Å². The van der Waals surface area contributed by atoms with E-state index in [0.717, 1.165) is 59.0 Å². The Hall–Kier alpha value is -5.72. The lowest BCUT2D eigenvalue weighted by atomic mass is 10.0. The highest BCUT2D eigenvalue weighted by Crippen LogP contribution is 2.38. The van der Waals surface area contributed by atoms with Crippen LogP contribution in [0.2, 0.25) is 5.02 Å². The summed E-state index contributed by atoms with van der Waals surface area (Å²) >= 11 is 6.25. The number of aryl methyl sites for hydroxylation is 2. The van der Waals surface area contributed by atoms with Crippen LogP contribution >= 0.6 is 11.6 Å². The third-order valence-corrected chi connectivity index (χ3v) is 9.63. The molecule has 6 heterocycles. The molecule has 8 nitrogen and oxygen atoms in total. The molecule has 0 unspecified atom stereocenters. The highest BCUT2D eigenvalue weighted by molar-refractivity contribution is 6.36. The van der Waals surface area contributed by atoms with Gasteiger partial charge in [-0.25, -0.2) is 27.5 Å². The molecule has 1 aliphatic heterocycles. The monoisotopic (exact) mass is 751 g/mol. The van der Waals surface area contributed by atoms with E-state index in [1.807, 2.05) is 51.1 Å². The summed E-state index contributed by atoms with van der Waals surface area (Å²) < 4.78 is 61.8. The Kier molecular flexibility index (Phi) is 10.4. The van der Waals surface area contributed by atoms with Crippen LogP contribution in [-0.4, -0.2) is 51.2 Å². The number of nitrogens with one attached hydrogen (secondary N) is 1. The van der Waals surface area contributed by atoms with Crippen LogP contribution in [0, 0.1) is 51.0 Å². The van der Waals surface area contributed by atoms with Gasteiger partial charge in [0.2, 0.25) is 0 Å². The number of anilines is 3. The summed E-state index contributed by atoms with van der Waals surface area (Å²) in [4.78, 5) is 24.1. The molecule has 7 aromatic rings. The van der Waals surface area contributed by atoms with Crippen LogP contribution in [0.1, 0.15) is 22.5 Å². The minimum absolute atomic E-state index is 0.138. The Labute approximate surface area is 313 Å². The molecule has 1 N–H and O–H groups in total. The number of benzene rings is 2. The molecule has 274 valence electrons. The first kappa shape index (κ1) is 36.6. The van der Waals surface area contributed by atoms with Gasteiger partial charge in [0.25, 0.3) is 0 Å². The van der Waals surface area contributed by atoms with Crippen LogP contribution in [0.3, 0.4) is 0 Å². The maximum Gasteiger partial charge on any atom is 0.137 e. The molecule has 0 atom stereocenters. The van der Waals surface area contributed by atoms with Gasteiger partial charge in [0.15, 0.2) is 0 Å². The lowest BCUT2D eigenvalue weighted by Crippen LogP contribution is -2.36. The zero-order chi connectivity index (χ0) is 38.1. The van der Waals surface area contributed by atoms with E-state index in [4.69, 9.17) is 16.3 Å². The second-order valence-corrected chi connectivity index (χ2v) is 13.3. The highest BCUT2D eigenvalue weighted by atomic mass is 35.5. The smallest absolute Gasteiger partial charge is 0.137 e. The first-order chi connectivity index (χ1) is 26.0. The number of pyridine rings is 5. The Balaban J connectivity index is 0.000000184. The Bertz CT molecular complexity index is 2510. The number of fused-ring (bicyclic) bond motifs is 2. The summed E-state index contributed by atoms with van der Waals surface area (Å²) in [5.74, 6) is -2.74. The van der Waals surface area contributed by atoms with E-state index in [-0.39, 0.29) is 26.8 Å². The predicted octanol–water partition coefficient (Wildman–Crippen LogP) is 10.0. The van der Waals surface area contributed by atoms with Gasteiger partial charge in [-0.05, 0) is 69.2 Å². The summed E-state index contributed by atoms with van der Waals surface area (Å²) in [5.41, 5.74) is 8.43. The molecular formula is C41H34ClF4N7O. The number of aromatic nitrogens is 5. The molecule has 1 saturated heterocycles. The zero-order valence-electron chi connectivity index (χ0n) is 29.8. The van der Waals surface area contributed by atoms with E-state index >= 15 is 0 Å². The van der Waals surface area contributed by atoms with Crippen molar-refractivity contribution in [2.45, 2.75) is 27.7 Å². The third kappa shape index (κ3) is 7.53. The van der Waals surface area contributed by atoms with Gasteiger partial charge in [-0.2, -0.15) is 0 Å². The molecule has 5 aromatic heterocycles. The van der Waals surface area contributed by atoms with E-state index in [2.05, 4.69) is 35.1 Å². The van der Waals surface area contributed by atoms with Crippen LogP contribution in [-0.2, 0) is 4.74 Å². The fourth-order valence-electron chi connectivity index (χ4n) is 6.34. The van der Waals surface area contributed by atoms with Crippen molar-refractivity contribution in [3.8, 4) is 22.5 Å². The largest absolute Gasteiger partial charge is 0.378 e. The molecule has 0 bridgehead atoms. The maximum absolute atomic E-state index is 15.0. The van der Waals surface area contributed by atoms with E-state index in [1.54, 1.807) is 31.7 Å². The van der Waals surface area contributed by atoms with Gasteiger partial charge in [0.1, 0.15) is 23.3 Å². The van der Waals surface area contributed by atoms with E-state index in [0.29, 0.717) is 41.5 Å². The summed E-state index contributed by atoms with van der Waals surface area (Å²) in [6.45, 7) is 10.3. The minimum Gasteiger partial charge on any atom is -0.378 e. The number of hydrogen-bond donors (Lipinski definition) is 1. The lowest BCUT2D eigenvalue weighted by molar-refractivity contribution is 0.122. The van der Waals surface area contributed by atoms with Gasteiger partial charge in [0, 0.05) is 72.3 Å². The standard InChI is InChI=1S/C25H23F2N5O.C16H11ClF2N2/c1-15-3-4-17(12-29-15)24-16(2)25(23-21(27)9-18(26)10-22(23)31-24)30-19-11-20(14-28-13-19)32-5-7-33-8-6-32;1-8-3-4-10(7-20-8)16-9(2)15(17)14-12(19)5-11(18)6-13(14)21-16/h3-4,9-14H,5-8H2,1-2H3,(H,30,31);3-7H,1-2H3. The van der Waals surface area contributed by atoms with Crippen LogP contribution in [0.5, 0.6) is 0 Å². The first-order valence-electron chi connectivity index (χ1n) is 17.1. The Morgan fingerprint density at radius 1 is 0.667 bits per heavy atom. The van der Waals surface area contributed by atoms with Gasteiger partial charge in [-0.3, -0.25) is 15.0 Å². The number of morpholine rings is 1. The molecule has 1 aliphatic rings. The average Bonchev–Trinajstić information content (AvgIpc) is 3.15. The Morgan fingerprint density at radius 2 is 1.22 bits per heavy atom. The van der Waals surface area contributed by atoms with Gasteiger partial charge >= 0.3 is 0 Å². The summed E-state index contributed by atoms with van der Waals surface area (Å²) in [7, 11) is 0. The number of rotatable bonds is 5. The zero-order valence-corrected chi connectivity index (χ0v) is 30.6. The van der Waals surface area contributed by atoms with Crippen molar-refractivity contribution in [2.24, 2.45) is 0 Å². The van der Waals surface area contributed by atoms with Crippen molar-refractivity contribution in [3.05, 3.63) is 130 Å². The van der Waals surface area contributed by atoms with Crippen LogP contribution in [0.15, 0.2) is 79.4 Å². The van der Waals surface area contributed by atoms with Gasteiger partial charge in [-0.15, -0.1) is 0 Å². The van der Waals surface area contributed by atoms with Crippen molar-refractivity contribution in [1.82, 2.24) is 24.9 Å². The first-order valence-corrected chi connectivity index (χ1v) is 17.5. The SMILES string of the molecule is Cc1ccc(-c2nc3cc(F)cc(F)c3c(Cl)c2C)cn1.Cc1ccc(-c2nc3cc(F)cc(F)c3c(Nc3cncc(N4CCOCC4)c3)c2C)cn1. The molecule has 54 heavy (non-hydrogen) atoms. The highest BCUT2D eigenvalue weighted by Gasteiger charge is 2.20. The average molecular weight is 752 g/mol. The number of ether oxygens (including phenoxy) is 1. The summed E-state index contributed by atoms with van der Waals surface area (Å²) in [6, 6.07) is 13.6. The van der Waals surface area contributed by atoms with Gasteiger partial charge in [-0.1, -0.05) is 11.6 Å². The van der Waals surface area contributed by atoms with E-state index < -0.39 is 23.3 Å². The molecule has 0 saturated carbocycles. The second-order valence-electron chi connectivity index (χ2n) is 13.0. The van der Waals surface area contributed by atoms with Crippen molar-refractivity contribution < 1.29 is 22.3 Å². The molecule has 1 fully saturated rings. The van der Waals surface area contributed by atoms with E-state index in [1.165, 1.54) is 12.1 Å². The quantitative estimate of drug-likeness (QED) is 0.174. The molecule has 8 rings (SSSR count). The van der Waals surface area contributed by atoms with Crippen LogP contribution in [0.25, 0.3) is 44.3 Å². The van der Waals surface area contributed by atoms with Crippen molar-refractivity contribution in [2.75, 3.05) is 36.5 Å². The van der Waals surface area contributed by atoms with Crippen molar-refractivity contribution in [3.63, 3.8) is 0 Å². The topological polar surface area (TPSA) is 89.0 Å². The maximum atomic E-state index is 15.0. The van der Waals surface area contributed by atoms with Gasteiger partial charge < -0.3 is 15.0 Å². The predicted molar refractivity (Wildman–Crippen MR) is 204 cm³/mol. The minimum atomic E-state index is -0.709. The number of halogens is 5. The lowest BCUT2D eigenvalue weighted by Gasteiger charge is -2.28. The summed E-state index contributed by atoms with van der Waals surface area (Å²) in [5, 5.41) is 3.95. The molecule has 13 heteroatoms. The molecule has 0 spiro atoms. The number of nitrogens with zero attached hydrogens (tertiary/aromatic N) is 6. The normalized spacial score (nSPS) is 12.9. The van der Waals surface area contributed by atoms with E-state index in [9.17, 15) is 17.6 Å². The Morgan fingerprint density at radius 3 is 1.80 bits per heavy atom.